The second kappa shape index (κ2) is 8.73. The smallest absolute Gasteiger partial charge is 0.254 e. The van der Waals surface area contributed by atoms with Crippen molar-refractivity contribution in [3.05, 3.63) is 65.7 Å². The molecule has 3 N–H and O–H groups in total. The molecule has 0 aromatic heterocycles. The van der Waals surface area contributed by atoms with Crippen LogP contribution in [0.25, 0.3) is 0 Å². The zero-order valence-electron chi connectivity index (χ0n) is 16.3. The van der Waals surface area contributed by atoms with E-state index in [1.165, 1.54) is 0 Å². The van der Waals surface area contributed by atoms with Crippen molar-refractivity contribution in [3.63, 3.8) is 0 Å². The van der Waals surface area contributed by atoms with Gasteiger partial charge >= 0.3 is 0 Å². The summed E-state index contributed by atoms with van der Waals surface area (Å²) in [6.45, 7) is 4.70. The number of likely N-dealkylation sites (tertiary alicyclic amines) is 1. The summed E-state index contributed by atoms with van der Waals surface area (Å²) < 4.78 is 5.48. The molecule has 6 nitrogen and oxygen atoms in total. The lowest BCUT2D eigenvalue weighted by atomic mass is 10.0. The molecule has 2 aromatic carbocycles. The summed E-state index contributed by atoms with van der Waals surface area (Å²) in [7, 11) is 0. The maximum Gasteiger partial charge on any atom is 0.254 e. The van der Waals surface area contributed by atoms with E-state index in [2.05, 4.69) is 5.32 Å². The van der Waals surface area contributed by atoms with E-state index in [9.17, 15) is 15.0 Å². The summed E-state index contributed by atoms with van der Waals surface area (Å²) in [5.41, 5.74) is 0.160. The number of nitrogens with zero attached hydrogens (tertiary/aromatic N) is 1. The topological polar surface area (TPSA) is 82.0 Å². The van der Waals surface area contributed by atoms with Gasteiger partial charge in [0.25, 0.3) is 5.91 Å². The number of nitrogens with one attached hydrogen (secondary N) is 1. The van der Waals surface area contributed by atoms with Gasteiger partial charge < -0.3 is 19.8 Å². The number of hydrogen-bond donors (Lipinski definition) is 3. The molecule has 0 bridgehead atoms. The minimum Gasteiger partial charge on any atom is -0.494 e. The normalized spacial score (nSPS) is 21.4. The third-order valence-corrected chi connectivity index (χ3v) is 5.07. The van der Waals surface area contributed by atoms with Crippen LogP contribution in [-0.2, 0) is 6.54 Å². The Kier molecular flexibility index (Phi) is 6.34. The molecule has 3 rings (SSSR count). The van der Waals surface area contributed by atoms with Crippen LogP contribution in [0.15, 0.2) is 54.6 Å². The first-order chi connectivity index (χ1) is 13.4. The lowest BCUT2D eigenvalue weighted by Crippen LogP contribution is -2.57. The number of amides is 1. The van der Waals surface area contributed by atoms with Gasteiger partial charge in [0.05, 0.1) is 18.8 Å². The summed E-state index contributed by atoms with van der Waals surface area (Å²) >= 11 is 0. The molecular formula is C22H28N2O4. The maximum absolute atomic E-state index is 13.1. The number of benzene rings is 2. The van der Waals surface area contributed by atoms with Gasteiger partial charge in [-0.05, 0) is 44.0 Å². The van der Waals surface area contributed by atoms with E-state index in [1.807, 2.05) is 37.3 Å². The maximum atomic E-state index is 13.1. The van der Waals surface area contributed by atoms with Crippen molar-refractivity contribution >= 4 is 5.91 Å². The van der Waals surface area contributed by atoms with Crippen LogP contribution in [-0.4, -0.2) is 52.0 Å². The van der Waals surface area contributed by atoms with Gasteiger partial charge in [-0.3, -0.25) is 10.1 Å². The van der Waals surface area contributed by atoms with Gasteiger partial charge in [-0.15, -0.1) is 0 Å². The Balaban J connectivity index is 1.76. The standard InChI is InChI=1S/C22H28N2O4/c1-3-28-19-11-7-10-17(12-19)21(26)24-15-18(25)13-20(24)22(2,27)23-14-16-8-5-4-6-9-16/h4-12,18,20,23,25,27H,3,13-15H2,1-2H3/t18-,20+,22?/m1/s1. The fourth-order valence-electron chi connectivity index (χ4n) is 3.62. The number of hydrogen-bond acceptors (Lipinski definition) is 5. The van der Waals surface area contributed by atoms with E-state index < -0.39 is 17.9 Å². The quantitative estimate of drug-likeness (QED) is 0.638. The first kappa shape index (κ1) is 20.3. The highest BCUT2D eigenvalue weighted by atomic mass is 16.5. The molecule has 1 heterocycles. The molecule has 1 amide bonds. The van der Waals surface area contributed by atoms with E-state index in [-0.39, 0.29) is 12.5 Å². The molecule has 1 saturated heterocycles. The van der Waals surface area contributed by atoms with Gasteiger partial charge in [-0.1, -0.05) is 36.4 Å². The fraction of sp³-hybridized carbons (Fsp3) is 0.409. The van der Waals surface area contributed by atoms with Gasteiger partial charge in [0, 0.05) is 18.7 Å². The Hall–Kier alpha value is -2.41. The largest absolute Gasteiger partial charge is 0.494 e. The number of carbonyl (C=O) groups excluding carboxylic acids is 1. The third-order valence-electron chi connectivity index (χ3n) is 5.07. The minimum atomic E-state index is -1.35. The van der Waals surface area contributed by atoms with E-state index >= 15 is 0 Å². The van der Waals surface area contributed by atoms with Crippen molar-refractivity contribution < 1.29 is 19.7 Å². The van der Waals surface area contributed by atoms with E-state index in [0.717, 1.165) is 5.56 Å². The summed E-state index contributed by atoms with van der Waals surface area (Å²) in [5.74, 6) is 0.392. The molecule has 3 atom stereocenters. The van der Waals surface area contributed by atoms with Crippen molar-refractivity contribution in [2.45, 2.75) is 44.7 Å². The summed E-state index contributed by atoms with van der Waals surface area (Å²) in [6.07, 6.45) is -0.361. The molecule has 1 fully saturated rings. The van der Waals surface area contributed by atoms with Crippen LogP contribution in [0, 0.1) is 0 Å². The summed E-state index contributed by atoms with van der Waals surface area (Å²) in [4.78, 5) is 14.7. The van der Waals surface area contributed by atoms with Crippen LogP contribution in [0.1, 0.15) is 36.2 Å². The number of rotatable bonds is 7. The van der Waals surface area contributed by atoms with E-state index in [4.69, 9.17) is 4.74 Å². The molecule has 0 spiro atoms. The molecule has 2 aromatic rings. The lowest BCUT2D eigenvalue weighted by molar-refractivity contribution is -0.0416. The molecule has 0 aliphatic carbocycles. The van der Waals surface area contributed by atoms with Gasteiger partial charge in [0.2, 0.25) is 0 Å². The van der Waals surface area contributed by atoms with Crippen molar-refractivity contribution in [1.29, 1.82) is 0 Å². The average Bonchev–Trinajstić information content (AvgIpc) is 3.10. The van der Waals surface area contributed by atoms with Crippen LogP contribution in [0.3, 0.4) is 0 Å². The van der Waals surface area contributed by atoms with Gasteiger partial charge in [0.1, 0.15) is 11.5 Å². The molecule has 1 unspecified atom stereocenters. The molecule has 1 aliphatic rings. The molecular weight excluding hydrogens is 356 g/mol. The van der Waals surface area contributed by atoms with Crippen LogP contribution in [0.4, 0.5) is 0 Å². The monoisotopic (exact) mass is 384 g/mol. The van der Waals surface area contributed by atoms with Crippen LogP contribution < -0.4 is 10.1 Å². The molecule has 6 heteroatoms. The number of aliphatic hydroxyl groups is 2. The minimum absolute atomic E-state index is 0.186. The van der Waals surface area contributed by atoms with Gasteiger partial charge in [0.15, 0.2) is 0 Å². The van der Waals surface area contributed by atoms with Crippen LogP contribution in [0.2, 0.25) is 0 Å². The highest BCUT2D eigenvalue weighted by molar-refractivity contribution is 5.95. The van der Waals surface area contributed by atoms with Crippen molar-refractivity contribution in [3.8, 4) is 5.75 Å². The van der Waals surface area contributed by atoms with Crippen LogP contribution in [0.5, 0.6) is 5.75 Å². The first-order valence-corrected chi connectivity index (χ1v) is 9.64. The van der Waals surface area contributed by atoms with E-state index in [1.54, 1.807) is 36.1 Å². The Morgan fingerprint density at radius 3 is 2.71 bits per heavy atom. The molecule has 0 radical (unpaired) electrons. The highest BCUT2D eigenvalue weighted by Gasteiger charge is 2.45. The number of aliphatic hydroxyl groups excluding tert-OH is 1. The second-order valence-corrected chi connectivity index (χ2v) is 7.31. The Morgan fingerprint density at radius 2 is 2.00 bits per heavy atom. The predicted molar refractivity (Wildman–Crippen MR) is 107 cm³/mol. The van der Waals surface area contributed by atoms with Crippen molar-refractivity contribution in [2.24, 2.45) is 0 Å². The third kappa shape index (κ3) is 4.70. The average molecular weight is 384 g/mol. The Bertz CT molecular complexity index is 794. The Labute approximate surface area is 165 Å². The van der Waals surface area contributed by atoms with Gasteiger partial charge in [-0.25, -0.2) is 0 Å². The summed E-state index contributed by atoms with van der Waals surface area (Å²) in [6, 6.07) is 16.2. The molecule has 150 valence electrons. The first-order valence-electron chi connectivity index (χ1n) is 9.64. The lowest BCUT2D eigenvalue weighted by Gasteiger charge is -2.37. The number of β-amino-alcohol motifs (C(OH)–C–C–N with tert-alkyl or cyclic N) is 1. The van der Waals surface area contributed by atoms with Gasteiger partial charge in [-0.2, -0.15) is 0 Å². The SMILES string of the molecule is CCOc1cccc(C(=O)N2C[C@H](O)C[C@H]2C(C)(O)NCc2ccccc2)c1. The zero-order chi connectivity index (χ0) is 20.1. The highest BCUT2D eigenvalue weighted by Crippen LogP contribution is 2.28. The Morgan fingerprint density at radius 1 is 1.25 bits per heavy atom. The molecule has 28 heavy (non-hydrogen) atoms. The molecule has 1 aliphatic heterocycles. The molecule has 0 saturated carbocycles. The van der Waals surface area contributed by atoms with E-state index in [0.29, 0.717) is 30.9 Å². The number of carbonyl (C=O) groups is 1. The summed E-state index contributed by atoms with van der Waals surface area (Å²) in [5, 5.41) is 24.4. The van der Waals surface area contributed by atoms with Crippen molar-refractivity contribution in [1.82, 2.24) is 10.2 Å². The second-order valence-electron chi connectivity index (χ2n) is 7.31. The van der Waals surface area contributed by atoms with Crippen molar-refractivity contribution in [2.75, 3.05) is 13.2 Å². The number of ether oxygens (including phenoxy) is 1. The van der Waals surface area contributed by atoms with Crippen LogP contribution >= 0.6 is 0 Å². The predicted octanol–water partition coefficient (Wildman–Crippen LogP) is 2.16. The zero-order valence-corrected chi connectivity index (χ0v) is 16.3. The fourth-order valence-corrected chi connectivity index (χ4v) is 3.62.